The van der Waals surface area contributed by atoms with Gasteiger partial charge in [0.15, 0.2) is 0 Å². The Morgan fingerprint density at radius 1 is 1.14 bits per heavy atom. The molecule has 0 radical (unpaired) electrons. The third kappa shape index (κ3) is 2.50. The number of benzene rings is 1. The predicted molar refractivity (Wildman–Crippen MR) is 114 cm³/mol. The van der Waals surface area contributed by atoms with Crippen LogP contribution in [0.2, 0.25) is 0 Å². The van der Waals surface area contributed by atoms with Crippen molar-refractivity contribution in [3.8, 4) is 11.3 Å². The molecule has 2 aromatic heterocycles. The van der Waals surface area contributed by atoms with Crippen LogP contribution in [0, 0.1) is 5.41 Å². The number of nitrogens with zero attached hydrogens (tertiary/aromatic N) is 2. The van der Waals surface area contributed by atoms with Crippen LogP contribution < -0.4 is 5.32 Å². The smallest absolute Gasteiger partial charge is 0.0744 e. The zero-order valence-corrected chi connectivity index (χ0v) is 16.2. The molecule has 3 N–H and O–H groups in total. The van der Waals surface area contributed by atoms with E-state index in [1.807, 2.05) is 32.3 Å². The molecule has 3 aromatic rings. The molecular formula is C23H23N5. The van der Waals surface area contributed by atoms with Gasteiger partial charge in [-0.25, -0.2) is 4.98 Å². The molecule has 0 atom stereocenters. The SMILES string of the molecule is CN/C(C)=C1\C(=N)C=Cc2nc(-c3ccc4[nH]ncc4c3)c3c(c21)CCCC3. The van der Waals surface area contributed by atoms with Crippen molar-refractivity contribution in [1.82, 2.24) is 20.5 Å². The quantitative estimate of drug-likeness (QED) is 0.622. The summed E-state index contributed by atoms with van der Waals surface area (Å²) in [6, 6.07) is 6.39. The second kappa shape index (κ2) is 6.44. The second-order valence-corrected chi connectivity index (χ2v) is 7.55. The first-order valence-corrected chi connectivity index (χ1v) is 9.82. The summed E-state index contributed by atoms with van der Waals surface area (Å²) >= 11 is 0. The van der Waals surface area contributed by atoms with Crippen LogP contribution in [0.4, 0.5) is 0 Å². The van der Waals surface area contributed by atoms with Crippen molar-refractivity contribution < 1.29 is 0 Å². The van der Waals surface area contributed by atoms with Gasteiger partial charge >= 0.3 is 0 Å². The first-order chi connectivity index (χ1) is 13.7. The Kier molecular flexibility index (Phi) is 3.90. The molecule has 0 saturated heterocycles. The number of aromatic amines is 1. The highest BCUT2D eigenvalue weighted by atomic mass is 15.1. The van der Waals surface area contributed by atoms with Crippen molar-refractivity contribution in [2.75, 3.05) is 7.05 Å². The Morgan fingerprint density at radius 2 is 1.96 bits per heavy atom. The lowest BCUT2D eigenvalue weighted by Crippen LogP contribution is -2.19. The standard InChI is InChI=1S/C23H23N5/c1-13(25-2)21-18(24)8-10-20-22(21)16-5-3-4-6-17(16)23(27-20)14-7-9-19-15(11-14)12-26-28-19/h7-12,24-25H,3-6H2,1-2H3,(H,26,28)/b21-13+,24-18?. The van der Waals surface area contributed by atoms with Crippen LogP contribution in [0.1, 0.15) is 42.1 Å². The van der Waals surface area contributed by atoms with E-state index in [0.29, 0.717) is 5.71 Å². The minimum Gasteiger partial charge on any atom is -0.391 e. The van der Waals surface area contributed by atoms with Gasteiger partial charge in [-0.2, -0.15) is 5.10 Å². The summed E-state index contributed by atoms with van der Waals surface area (Å²) in [4.78, 5) is 5.11. The number of fused-ring (bicyclic) bond motifs is 4. The fourth-order valence-electron chi connectivity index (χ4n) is 4.46. The Balaban J connectivity index is 1.80. The van der Waals surface area contributed by atoms with E-state index in [-0.39, 0.29) is 0 Å². The van der Waals surface area contributed by atoms with Gasteiger partial charge in [0, 0.05) is 34.8 Å². The Hall–Kier alpha value is -3.21. The van der Waals surface area contributed by atoms with Crippen LogP contribution in [0.3, 0.4) is 0 Å². The Bertz CT molecular complexity index is 1180. The summed E-state index contributed by atoms with van der Waals surface area (Å²) in [6.07, 6.45) is 10.2. The molecule has 28 heavy (non-hydrogen) atoms. The minimum absolute atomic E-state index is 0.557. The number of hydrogen-bond donors (Lipinski definition) is 3. The molecule has 2 heterocycles. The fraction of sp³-hybridized carbons (Fsp3) is 0.261. The highest BCUT2D eigenvalue weighted by molar-refractivity contribution is 6.32. The van der Waals surface area contributed by atoms with Crippen LogP contribution in [-0.2, 0) is 12.8 Å². The van der Waals surface area contributed by atoms with Crippen LogP contribution >= 0.6 is 0 Å². The van der Waals surface area contributed by atoms with E-state index in [4.69, 9.17) is 10.4 Å². The van der Waals surface area contributed by atoms with Gasteiger partial charge in [0.25, 0.3) is 0 Å². The molecule has 140 valence electrons. The molecule has 0 spiro atoms. The lowest BCUT2D eigenvalue weighted by Gasteiger charge is -2.28. The zero-order valence-electron chi connectivity index (χ0n) is 16.2. The van der Waals surface area contributed by atoms with Gasteiger partial charge in [-0.05, 0) is 68.0 Å². The molecule has 0 bridgehead atoms. The van der Waals surface area contributed by atoms with Crippen molar-refractivity contribution in [3.63, 3.8) is 0 Å². The van der Waals surface area contributed by atoms with Gasteiger partial charge in [-0.15, -0.1) is 0 Å². The summed E-state index contributed by atoms with van der Waals surface area (Å²) in [5.74, 6) is 0. The van der Waals surface area contributed by atoms with E-state index in [1.165, 1.54) is 24.0 Å². The lowest BCUT2D eigenvalue weighted by atomic mass is 9.80. The number of hydrogen-bond acceptors (Lipinski definition) is 4. The summed E-state index contributed by atoms with van der Waals surface area (Å²) in [7, 11) is 1.92. The van der Waals surface area contributed by atoms with E-state index in [0.717, 1.165) is 57.5 Å². The molecule has 5 nitrogen and oxygen atoms in total. The monoisotopic (exact) mass is 369 g/mol. The summed E-state index contributed by atoms with van der Waals surface area (Å²) in [6.45, 7) is 2.04. The summed E-state index contributed by atoms with van der Waals surface area (Å²) in [5.41, 5.74) is 10.7. The van der Waals surface area contributed by atoms with E-state index >= 15 is 0 Å². The number of H-pyrrole nitrogens is 1. The van der Waals surface area contributed by atoms with Crippen molar-refractivity contribution >= 4 is 28.3 Å². The zero-order chi connectivity index (χ0) is 19.3. The van der Waals surface area contributed by atoms with Crippen molar-refractivity contribution in [2.45, 2.75) is 32.6 Å². The largest absolute Gasteiger partial charge is 0.391 e. The molecular weight excluding hydrogens is 346 g/mol. The molecule has 0 unspecified atom stereocenters. The fourth-order valence-corrected chi connectivity index (χ4v) is 4.46. The van der Waals surface area contributed by atoms with E-state index in [2.05, 4.69) is 33.7 Å². The minimum atomic E-state index is 0.557. The predicted octanol–water partition coefficient (Wildman–Crippen LogP) is 4.50. The number of rotatable bonds is 2. The molecule has 0 fully saturated rings. The number of pyridine rings is 1. The first-order valence-electron chi connectivity index (χ1n) is 9.82. The van der Waals surface area contributed by atoms with Crippen LogP contribution in [0.5, 0.6) is 0 Å². The van der Waals surface area contributed by atoms with Crippen LogP contribution in [0.15, 0.2) is 36.2 Å². The highest BCUT2D eigenvalue weighted by Crippen LogP contribution is 2.40. The molecule has 0 saturated carbocycles. The van der Waals surface area contributed by atoms with Gasteiger partial charge in [0.1, 0.15) is 0 Å². The average molecular weight is 369 g/mol. The van der Waals surface area contributed by atoms with Gasteiger partial charge in [0.2, 0.25) is 0 Å². The number of allylic oxidation sites excluding steroid dienone is 3. The molecule has 5 rings (SSSR count). The van der Waals surface area contributed by atoms with Gasteiger partial charge in [-0.1, -0.05) is 6.07 Å². The van der Waals surface area contributed by atoms with E-state index < -0.39 is 0 Å². The average Bonchev–Trinajstić information content (AvgIpc) is 3.20. The highest BCUT2D eigenvalue weighted by Gasteiger charge is 2.27. The van der Waals surface area contributed by atoms with E-state index in [1.54, 1.807) is 0 Å². The van der Waals surface area contributed by atoms with Crippen LogP contribution in [-0.4, -0.2) is 27.9 Å². The van der Waals surface area contributed by atoms with E-state index in [9.17, 15) is 0 Å². The third-order valence-electron chi connectivity index (χ3n) is 5.93. The number of aromatic nitrogens is 3. The Morgan fingerprint density at radius 3 is 2.79 bits per heavy atom. The third-order valence-corrected chi connectivity index (χ3v) is 5.93. The molecule has 5 heteroatoms. The maximum Gasteiger partial charge on any atom is 0.0744 e. The topological polar surface area (TPSA) is 77.5 Å². The Labute approximate surface area is 164 Å². The second-order valence-electron chi connectivity index (χ2n) is 7.55. The van der Waals surface area contributed by atoms with Crippen LogP contribution in [0.25, 0.3) is 33.8 Å². The number of nitrogens with one attached hydrogen (secondary N) is 3. The first kappa shape index (κ1) is 16.9. The van der Waals surface area contributed by atoms with Crippen molar-refractivity contribution in [3.05, 3.63) is 58.6 Å². The molecule has 2 aliphatic carbocycles. The maximum atomic E-state index is 8.50. The molecule has 2 aliphatic rings. The maximum absolute atomic E-state index is 8.50. The van der Waals surface area contributed by atoms with Gasteiger partial charge in [-0.3, -0.25) is 5.10 Å². The normalized spacial score (nSPS) is 17.4. The molecule has 0 aliphatic heterocycles. The van der Waals surface area contributed by atoms with Gasteiger partial charge in [0.05, 0.1) is 28.8 Å². The van der Waals surface area contributed by atoms with Crippen molar-refractivity contribution in [1.29, 1.82) is 5.41 Å². The molecule has 1 aromatic carbocycles. The van der Waals surface area contributed by atoms with Gasteiger partial charge < -0.3 is 10.7 Å². The lowest BCUT2D eigenvalue weighted by molar-refractivity contribution is 0.681. The summed E-state index contributed by atoms with van der Waals surface area (Å²) < 4.78 is 0. The molecule has 0 amide bonds. The van der Waals surface area contributed by atoms with Crippen molar-refractivity contribution in [2.24, 2.45) is 0 Å². The summed E-state index contributed by atoms with van der Waals surface area (Å²) in [5, 5.41) is 20.0.